The van der Waals surface area contributed by atoms with E-state index in [0.29, 0.717) is 23.3 Å². The zero-order valence-corrected chi connectivity index (χ0v) is 60.6. The summed E-state index contributed by atoms with van der Waals surface area (Å²) in [6, 6.07) is 139. The van der Waals surface area contributed by atoms with Crippen molar-refractivity contribution < 1.29 is 0 Å². The van der Waals surface area contributed by atoms with E-state index in [1.807, 2.05) is 79.0 Å². The fourth-order valence-corrected chi connectivity index (χ4v) is 16.4. The Labute approximate surface area is 645 Å². The molecule has 7 heterocycles. The lowest BCUT2D eigenvalue weighted by Crippen LogP contribution is -2.01. The van der Waals surface area contributed by atoms with Crippen LogP contribution in [0.1, 0.15) is 0 Å². The molecule has 0 aliphatic carbocycles. The molecule has 0 saturated heterocycles. The van der Waals surface area contributed by atoms with Crippen LogP contribution in [-0.2, 0) is 0 Å². The fourth-order valence-electron chi connectivity index (χ4n) is 16.4. The molecule has 0 radical (unpaired) electrons. The highest BCUT2D eigenvalue weighted by atomic mass is 15.1. The van der Waals surface area contributed by atoms with E-state index in [9.17, 15) is 0 Å². The number of hydrogen-bond acceptors (Lipinski definition) is 6. The van der Waals surface area contributed by atoms with Crippen molar-refractivity contribution in [1.82, 2.24) is 48.2 Å². The molecule has 0 amide bonds. The van der Waals surface area contributed by atoms with E-state index < -0.39 is 0 Å². The average Bonchev–Trinajstić information content (AvgIpc) is 1.58. The van der Waals surface area contributed by atoms with Crippen molar-refractivity contribution in [2.75, 3.05) is 0 Å². The molecule has 524 valence electrons. The molecule has 10 heteroatoms. The molecular formula is C102H66N10. The van der Waals surface area contributed by atoms with E-state index in [4.69, 9.17) is 29.9 Å². The van der Waals surface area contributed by atoms with Crippen LogP contribution in [0.3, 0.4) is 0 Å². The number of para-hydroxylation sites is 6. The summed E-state index contributed by atoms with van der Waals surface area (Å²) < 4.78 is 9.36. The molecule has 0 saturated carbocycles. The second kappa shape index (κ2) is 27.5. The minimum absolute atomic E-state index is 0.576. The first-order chi connectivity index (χ1) is 55.5. The second-order valence-electron chi connectivity index (χ2n) is 28.2. The largest absolute Gasteiger partial charge is 0.309 e. The van der Waals surface area contributed by atoms with Gasteiger partial charge in [-0.1, -0.05) is 273 Å². The summed E-state index contributed by atoms with van der Waals surface area (Å²) in [5.74, 6) is 3.34. The first kappa shape index (κ1) is 65.1. The van der Waals surface area contributed by atoms with Crippen LogP contribution < -0.4 is 0 Å². The Kier molecular flexibility index (Phi) is 16.0. The Morgan fingerprint density at radius 2 is 0.518 bits per heavy atom. The van der Waals surface area contributed by atoms with E-state index in [1.54, 1.807) is 0 Å². The predicted molar refractivity (Wildman–Crippen MR) is 460 cm³/mol. The van der Waals surface area contributed by atoms with Crippen LogP contribution in [0, 0.1) is 0 Å². The maximum atomic E-state index is 5.15. The van der Waals surface area contributed by atoms with Crippen molar-refractivity contribution >= 4 is 87.2 Å². The molecular weight excluding hydrogens is 1370 g/mol. The van der Waals surface area contributed by atoms with Gasteiger partial charge in [0.2, 0.25) is 0 Å². The number of aromatic nitrogens is 10. The maximum absolute atomic E-state index is 5.15. The van der Waals surface area contributed by atoms with Crippen molar-refractivity contribution in [3.05, 3.63) is 401 Å². The third-order valence-corrected chi connectivity index (χ3v) is 21.6. The Balaban J connectivity index is 0.000000141. The third kappa shape index (κ3) is 11.4. The van der Waals surface area contributed by atoms with Gasteiger partial charge in [0.25, 0.3) is 0 Å². The van der Waals surface area contributed by atoms with Gasteiger partial charge in [-0.3, -0.25) is 4.57 Å². The lowest BCUT2D eigenvalue weighted by molar-refractivity contribution is 1.05. The minimum Gasteiger partial charge on any atom is -0.309 e. The highest BCUT2D eigenvalue weighted by Crippen LogP contribution is 2.44. The molecule has 112 heavy (non-hydrogen) atoms. The van der Waals surface area contributed by atoms with Crippen molar-refractivity contribution in [2.24, 2.45) is 0 Å². The molecule has 0 fully saturated rings. The normalized spacial score (nSPS) is 11.6. The molecule has 0 bridgehead atoms. The second-order valence-corrected chi connectivity index (χ2v) is 28.2. The van der Waals surface area contributed by atoms with Crippen LogP contribution in [0.5, 0.6) is 0 Å². The Bertz CT molecular complexity index is 7220. The zero-order chi connectivity index (χ0) is 74.0. The van der Waals surface area contributed by atoms with E-state index in [0.717, 1.165) is 89.7 Å². The molecule has 0 atom stereocenters. The predicted octanol–water partition coefficient (Wildman–Crippen LogP) is 25.5. The van der Waals surface area contributed by atoms with Gasteiger partial charge in [0.15, 0.2) is 23.3 Å². The molecule has 0 aliphatic rings. The zero-order valence-electron chi connectivity index (χ0n) is 60.6. The van der Waals surface area contributed by atoms with Gasteiger partial charge in [-0.05, 0) is 144 Å². The summed E-state index contributed by atoms with van der Waals surface area (Å²) in [5.41, 5.74) is 24.9. The van der Waals surface area contributed by atoms with Gasteiger partial charge in [-0.15, -0.1) is 0 Å². The van der Waals surface area contributed by atoms with Gasteiger partial charge in [-0.2, -0.15) is 0 Å². The number of pyridine rings is 1. The summed E-state index contributed by atoms with van der Waals surface area (Å²) in [7, 11) is 0. The molecule has 15 aromatic carbocycles. The van der Waals surface area contributed by atoms with Crippen molar-refractivity contribution in [2.45, 2.75) is 0 Å². The smallest absolute Gasteiger partial charge is 0.165 e. The number of rotatable bonds is 12. The standard InChI is InChI=1S/C52H34N4.C50H32N6/c1-4-16-35(17-5-1)45-34-46(36-18-6-2-7-19-36)54-52(53-45)38-20-14-23-40(32-38)56-48-28-13-11-25-43(48)51-41(26-15-29-50(51)56)37-30-31-49-44(33-37)42-24-10-12-27-47(42)55(49)39-21-8-3-9-22-39;1-4-14-33(15-5-1)48-52-49(34-16-6-2-7-17-34)54-50(53-48)37-26-29-47(51-32-37)56-44-23-13-11-21-40(44)42-31-36(25-28-46(42)56)35-24-27-45-41(30-35)39-20-10-12-22-43(39)55(45)38-18-8-3-9-19-38/h1-34H;1-32H. The van der Waals surface area contributed by atoms with E-state index in [1.165, 1.54) is 87.4 Å². The van der Waals surface area contributed by atoms with Crippen LogP contribution in [0.15, 0.2) is 401 Å². The van der Waals surface area contributed by atoms with E-state index in [-0.39, 0.29) is 0 Å². The van der Waals surface area contributed by atoms with Crippen LogP contribution in [0.25, 0.3) is 200 Å². The quantitative estimate of drug-likeness (QED) is 0.121. The summed E-state index contributed by atoms with van der Waals surface area (Å²) in [4.78, 5) is 30.0. The van der Waals surface area contributed by atoms with Crippen LogP contribution in [-0.4, -0.2) is 48.2 Å². The van der Waals surface area contributed by atoms with Gasteiger partial charge in [-0.25, -0.2) is 29.9 Å². The Morgan fingerprint density at radius 1 is 0.179 bits per heavy atom. The van der Waals surface area contributed by atoms with Crippen molar-refractivity contribution in [3.8, 4) is 113 Å². The fraction of sp³-hybridized carbons (Fsp3) is 0. The Morgan fingerprint density at radius 3 is 1.01 bits per heavy atom. The monoisotopic (exact) mass is 1430 g/mol. The van der Waals surface area contributed by atoms with Crippen LogP contribution in [0.2, 0.25) is 0 Å². The molecule has 0 spiro atoms. The third-order valence-electron chi connectivity index (χ3n) is 21.6. The number of hydrogen-bond donors (Lipinski definition) is 0. The maximum Gasteiger partial charge on any atom is 0.165 e. The average molecular weight is 1430 g/mol. The SMILES string of the molecule is c1ccc(-c2cc(-c3ccccc3)nc(-c3cccc(-n4c5ccccc5c5c(-c6ccc7c(c6)c6ccccc6n7-c6ccccc6)cccc54)c3)n2)cc1.c1ccc(-c2nc(-c3ccccc3)nc(-c3ccc(-n4c5ccccc5c5cc(-c6ccc7c(c6)c6ccccc6n7-c6ccccc6)ccc54)nc3)n2)cc1. The Hall–Kier alpha value is -15.3. The van der Waals surface area contributed by atoms with Crippen molar-refractivity contribution in [1.29, 1.82) is 0 Å². The molecule has 0 N–H and O–H groups in total. The van der Waals surface area contributed by atoms with Gasteiger partial charge in [0, 0.05) is 99.7 Å². The lowest BCUT2D eigenvalue weighted by Gasteiger charge is -2.12. The summed E-state index contributed by atoms with van der Waals surface area (Å²) in [5, 5.41) is 9.75. The molecule has 0 aliphatic heterocycles. The van der Waals surface area contributed by atoms with Gasteiger partial charge in [0.1, 0.15) is 5.82 Å². The molecule has 0 unspecified atom stereocenters. The van der Waals surface area contributed by atoms with Crippen molar-refractivity contribution in [3.63, 3.8) is 0 Å². The first-order valence-corrected chi connectivity index (χ1v) is 37.7. The molecule has 22 aromatic rings. The molecule has 22 rings (SSSR count). The lowest BCUT2D eigenvalue weighted by atomic mass is 9.98. The highest BCUT2D eigenvalue weighted by molar-refractivity contribution is 6.18. The summed E-state index contributed by atoms with van der Waals surface area (Å²) >= 11 is 0. The first-order valence-electron chi connectivity index (χ1n) is 37.7. The number of fused-ring (bicyclic) bond motifs is 12. The summed E-state index contributed by atoms with van der Waals surface area (Å²) in [6.07, 6.45) is 1.87. The highest BCUT2D eigenvalue weighted by Gasteiger charge is 2.23. The topological polar surface area (TPSA) is 97.1 Å². The van der Waals surface area contributed by atoms with Crippen LogP contribution >= 0.6 is 0 Å². The minimum atomic E-state index is 0.576. The van der Waals surface area contributed by atoms with E-state index in [2.05, 4.69) is 340 Å². The van der Waals surface area contributed by atoms with Gasteiger partial charge >= 0.3 is 0 Å². The number of nitrogens with zero attached hydrogens (tertiary/aromatic N) is 10. The van der Waals surface area contributed by atoms with Crippen LogP contribution in [0.4, 0.5) is 0 Å². The van der Waals surface area contributed by atoms with Gasteiger partial charge < -0.3 is 13.7 Å². The van der Waals surface area contributed by atoms with Gasteiger partial charge in [0.05, 0.1) is 55.5 Å². The van der Waals surface area contributed by atoms with E-state index >= 15 is 0 Å². The molecule has 7 aromatic heterocycles. The summed E-state index contributed by atoms with van der Waals surface area (Å²) in [6.45, 7) is 0. The molecule has 10 nitrogen and oxygen atoms in total. The number of benzene rings is 15.